The number of carbonyl (C=O) groups is 1. The third-order valence-corrected chi connectivity index (χ3v) is 3.45. The van der Waals surface area contributed by atoms with Crippen molar-refractivity contribution in [2.24, 2.45) is 0 Å². The number of nitrogens with zero attached hydrogens (tertiary/aromatic N) is 4. The largest absolute Gasteiger partial charge is 0.372 e. The van der Waals surface area contributed by atoms with Crippen LogP contribution in [0.1, 0.15) is 24.3 Å². The average molecular weight is 286 g/mol. The van der Waals surface area contributed by atoms with Crippen molar-refractivity contribution in [3.63, 3.8) is 0 Å². The summed E-state index contributed by atoms with van der Waals surface area (Å²) < 4.78 is 7.23. The van der Waals surface area contributed by atoms with E-state index in [9.17, 15) is 4.79 Å². The van der Waals surface area contributed by atoms with Gasteiger partial charge in [-0.3, -0.25) is 4.79 Å². The predicted molar refractivity (Wildman–Crippen MR) is 77.3 cm³/mol. The lowest BCUT2D eigenvalue weighted by Crippen LogP contribution is -2.50. The van der Waals surface area contributed by atoms with Gasteiger partial charge in [0.1, 0.15) is 0 Å². The van der Waals surface area contributed by atoms with Crippen molar-refractivity contribution in [3.05, 3.63) is 42.2 Å². The lowest BCUT2D eigenvalue weighted by molar-refractivity contribution is -0.0765. The highest BCUT2D eigenvalue weighted by Gasteiger charge is 2.31. The molecule has 1 saturated heterocycles. The van der Waals surface area contributed by atoms with E-state index in [1.165, 1.54) is 0 Å². The SMILES string of the molecule is CC1(C)CN(C(=O)c2cn(-c3ccccc3)nn2)CCO1. The van der Waals surface area contributed by atoms with Crippen LogP contribution >= 0.6 is 0 Å². The van der Waals surface area contributed by atoms with Crippen LogP contribution < -0.4 is 0 Å². The van der Waals surface area contributed by atoms with Gasteiger partial charge in [0.15, 0.2) is 5.69 Å². The zero-order chi connectivity index (χ0) is 14.9. The van der Waals surface area contributed by atoms with Crippen molar-refractivity contribution in [1.82, 2.24) is 19.9 Å². The van der Waals surface area contributed by atoms with E-state index in [2.05, 4.69) is 10.3 Å². The van der Waals surface area contributed by atoms with E-state index in [4.69, 9.17) is 4.74 Å². The summed E-state index contributed by atoms with van der Waals surface area (Å²) in [6.45, 7) is 5.65. The summed E-state index contributed by atoms with van der Waals surface area (Å²) in [4.78, 5) is 14.3. The molecule has 6 heteroatoms. The van der Waals surface area contributed by atoms with Gasteiger partial charge in [-0.25, -0.2) is 4.68 Å². The highest BCUT2D eigenvalue weighted by atomic mass is 16.5. The van der Waals surface area contributed by atoms with Crippen molar-refractivity contribution >= 4 is 5.91 Å². The molecule has 1 aromatic heterocycles. The molecule has 0 bridgehead atoms. The minimum Gasteiger partial charge on any atom is -0.372 e. The predicted octanol–water partition coefficient (Wildman–Crippen LogP) is 1.52. The summed E-state index contributed by atoms with van der Waals surface area (Å²) in [5.74, 6) is -0.103. The summed E-state index contributed by atoms with van der Waals surface area (Å²) in [6.07, 6.45) is 1.67. The first-order valence-electron chi connectivity index (χ1n) is 6.96. The number of benzene rings is 1. The Morgan fingerprint density at radius 2 is 2.05 bits per heavy atom. The van der Waals surface area contributed by atoms with Crippen molar-refractivity contribution < 1.29 is 9.53 Å². The maximum absolute atomic E-state index is 12.5. The molecule has 21 heavy (non-hydrogen) atoms. The molecule has 0 N–H and O–H groups in total. The van der Waals surface area contributed by atoms with E-state index in [0.29, 0.717) is 25.4 Å². The van der Waals surface area contributed by atoms with Crippen LogP contribution in [0.25, 0.3) is 5.69 Å². The van der Waals surface area contributed by atoms with Gasteiger partial charge in [0.05, 0.1) is 24.1 Å². The molecule has 3 rings (SSSR count). The maximum atomic E-state index is 12.5. The molecule has 2 heterocycles. The first-order valence-corrected chi connectivity index (χ1v) is 6.96. The minimum absolute atomic E-state index is 0.103. The fourth-order valence-electron chi connectivity index (χ4n) is 2.42. The number of aromatic nitrogens is 3. The van der Waals surface area contributed by atoms with Crippen LogP contribution in [0, 0.1) is 0 Å². The quantitative estimate of drug-likeness (QED) is 0.840. The number of para-hydroxylation sites is 1. The van der Waals surface area contributed by atoms with Gasteiger partial charge in [0.25, 0.3) is 5.91 Å². The first-order chi connectivity index (χ1) is 10.1. The summed E-state index contributed by atoms with van der Waals surface area (Å²) >= 11 is 0. The van der Waals surface area contributed by atoms with Crippen LogP contribution in [-0.2, 0) is 4.74 Å². The zero-order valence-corrected chi connectivity index (χ0v) is 12.2. The monoisotopic (exact) mass is 286 g/mol. The first kappa shape index (κ1) is 13.8. The van der Waals surface area contributed by atoms with Crippen molar-refractivity contribution in [3.8, 4) is 5.69 Å². The molecule has 0 spiro atoms. The van der Waals surface area contributed by atoms with Gasteiger partial charge in [-0.15, -0.1) is 5.10 Å². The second-order valence-corrected chi connectivity index (χ2v) is 5.72. The highest BCUT2D eigenvalue weighted by Crippen LogP contribution is 2.18. The summed E-state index contributed by atoms with van der Waals surface area (Å²) in [7, 11) is 0. The normalized spacial score (nSPS) is 17.7. The maximum Gasteiger partial charge on any atom is 0.276 e. The number of amides is 1. The molecule has 0 radical (unpaired) electrons. The number of morpholine rings is 1. The van der Waals surface area contributed by atoms with Crippen LogP contribution in [0.3, 0.4) is 0 Å². The Labute approximate surface area is 123 Å². The average Bonchev–Trinajstić information content (AvgIpc) is 2.96. The van der Waals surface area contributed by atoms with Crippen molar-refractivity contribution in [2.45, 2.75) is 19.4 Å². The van der Waals surface area contributed by atoms with Crippen molar-refractivity contribution in [1.29, 1.82) is 0 Å². The fraction of sp³-hybridized carbons (Fsp3) is 0.400. The third kappa shape index (κ3) is 2.95. The topological polar surface area (TPSA) is 60.2 Å². The van der Waals surface area contributed by atoms with E-state index in [0.717, 1.165) is 5.69 Å². The smallest absolute Gasteiger partial charge is 0.276 e. The van der Waals surface area contributed by atoms with Crippen LogP contribution in [0.15, 0.2) is 36.5 Å². The number of ether oxygens (including phenoxy) is 1. The minimum atomic E-state index is -0.316. The standard InChI is InChI=1S/C15H18N4O2/c1-15(2)11-18(8-9-21-15)14(20)13-10-19(17-16-13)12-6-4-3-5-7-12/h3-7,10H,8-9,11H2,1-2H3. The second kappa shape index (κ2) is 5.29. The van der Waals surface area contributed by atoms with Gasteiger partial charge < -0.3 is 9.64 Å². The molecule has 0 saturated carbocycles. The van der Waals surface area contributed by atoms with E-state index < -0.39 is 0 Å². The van der Waals surface area contributed by atoms with Gasteiger partial charge in [-0.2, -0.15) is 0 Å². The Kier molecular flexibility index (Phi) is 3.47. The molecule has 1 aliphatic rings. The van der Waals surface area contributed by atoms with E-state index in [-0.39, 0.29) is 11.5 Å². The molecule has 1 amide bonds. The Balaban J connectivity index is 1.78. The van der Waals surface area contributed by atoms with E-state index in [1.54, 1.807) is 15.8 Å². The van der Waals surface area contributed by atoms with Crippen molar-refractivity contribution in [2.75, 3.05) is 19.7 Å². The lowest BCUT2D eigenvalue weighted by Gasteiger charge is -2.37. The third-order valence-electron chi connectivity index (χ3n) is 3.45. The Hall–Kier alpha value is -2.21. The molecule has 0 unspecified atom stereocenters. The molecule has 1 aromatic carbocycles. The summed E-state index contributed by atoms with van der Waals surface area (Å²) in [6, 6.07) is 9.61. The summed E-state index contributed by atoms with van der Waals surface area (Å²) in [5, 5.41) is 8.02. The highest BCUT2D eigenvalue weighted by molar-refractivity contribution is 5.92. The van der Waals surface area contributed by atoms with Crippen LogP contribution in [0.2, 0.25) is 0 Å². The number of hydrogen-bond donors (Lipinski definition) is 0. The zero-order valence-electron chi connectivity index (χ0n) is 12.2. The van der Waals surface area contributed by atoms with Gasteiger partial charge in [-0.1, -0.05) is 23.4 Å². The Bertz CT molecular complexity index is 636. The Morgan fingerprint density at radius 1 is 1.29 bits per heavy atom. The molecule has 0 atom stereocenters. The molecule has 0 aliphatic carbocycles. The number of hydrogen-bond acceptors (Lipinski definition) is 4. The fourth-order valence-corrected chi connectivity index (χ4v) is 2.42. The molecular weight excluding hydrogens is 268 g/mol. The molecule has 6 nitrogen and oxygen atoms in total. The van der Waals surface area contributed by atoms with Crippen LogP contribution in [-0.4, -0.2) is 51.1 Å². The summed E-state index contributed by atoms with van der Waals surface area (Å²) in [5.41, 5.74) is 0.923. The molecule has 2 aromatic rings. The second-order valence-electron chi connectivity index (χ2n) is 5.72. The lowest BCUT2D eigenvalue weighted by atomic mass is 10.1. The molecule has 1 aliphatic heterocycles. The molecule has 110 valence electrons. The number of rotatable bonds is 2. The number of carbonyl (C=O) groups excluding carboxylic acids is 1. The van der Waals surface area contributed by atoms with Gasteiger partial charge in [0, 0.05) is 13.1 Å². The van der Waals surface area contributed by atoms with Gasteiger partial charge >= 0.3 is 0 Å². The molecule has 1 fully saturated rings. The Morgan fingerprint density at radius 3 is 2.76 bits per heavy atom. The van der Waals surface area contributed by atoms with E-state index >= 15 is 0 Å². The van der Waals surface area contributed by atoms with E-state index in [1.807, 2.05) is 44.2 Å². The van der Waals surface area contributed by atoms with Gasteiger partial charge in [-0.05, 0) is 26.0 Å². The molecular formula is C15H18N4O2. The van der Waals surface area contributed by atoms with Crippen LogP contribution in [0.5, 0.6) is 0 Å². The van der Waals surface area contributed by atoms with Crippen LogP contribution in [0.4, 0.5) is 0 Å². The van der Waals surface area contributed by atoms with Gasteiger partial charge in [0.2, 0.25) is 0 Å².